The molecule has 1 aromatic heterocycles. The predicted octanol–water partition coefficient (Wildman–Crippen LogP) is 1.87. The minimum atomic E-state index is 0.223. The van der Waals surface area contributed by atoms with E-state index in [1.54, 1.807) is 0 Å². The van der Waals surface area contributed by atoms with Gasteiger partial charge in [-0.25, -0.2) is 4.98 Å². The van der Waals surface area contributed by atoms with E-state index in [0.717, 1.165) is 32.0 Å². The third-order valence-corrected chi connectivity index (χ3v) is 4.30. The van der Waals surface area contributed by atoms with Crippen molar-refractivity contribution in [2.24, 2.45) is 0 Å². The van der Waals surface area contributed by atoms with Gasteiger partial charge in [0.25, 0.3) is 0 Å². The highest BCUT2D eigenvalue weighted by Gasteiger charge is 2.25. The van der Waals surface area contributed by atoms with Gasteiger partial charge in [-0.15, -0.1) is 0 Å². The molecule has 4 nitrogen and oxygen atoms in total. The maximum absolute atomic E-state index is 4.65. The van der Waals surface area contributed by atoms with Crippen molar-refractivity contribution in [2.75, 3.05) is 37.6 Å². The zero-order valence-corrected chi connectivity index (χ0v) is 12.7. The van der Waals surface area contributed by atoms with Crippen LogP contribution in [0.15, 0.2) is 18.3 Å². The van der Waals surface area contributed by atoms with Crippen LogP contribution >= 0.6 is 0 Å². The molecule has 0 spiro atoms. The van der Waals surface area contributed by atoms with Crippen LogP contribution in [0.2, 0.25) is 0 Å². The molecule has 0 aromatic carbocycles. The second kappa shape index (κ2) is 5.70. The number of aromatic nitrogens is 1. The largest absolute Gasteiger partial charge is 0.357 e. The standard InChI is InChI=1S/C16H26N4/c1-16(2)13-19(10-7-18-16)12-14-5-6-15(17-11-14)20-8-3-4-9-20/h5-6,11,18H,3-4,7-10,12-13H2,1-2H3. The number of nitrogens with zero attached hydrogens (tertiary/aromatic N) is 3. The van der Waals surface area contributed by atoms with Crippen LogP contribution in [0.4, 0.5) is 5.82 Å². The number of hydrogen-bond acceptors (Lipinski definition) is 4. The molecule has 0 atom stereocenters. The predicted molar refractivity (Wildman–Crippen MR) is 83.0 cm³/mol. The van der Waals surface area contributed by atoms with Gasteiger partial charge in [-0.05, 0) is 38.3 Å². The molecule has 0 amide bonds. The molecule has 0 radical (unpaired) electrons. The Bertz CT molecular complexity index is 434. The summed E-state index contributed by atoms with van der Waals surface area (Å²) in [4.78, 5) is 9.55. The van der Waals surface area contributed by atoms with Gasteiger partial charge in [-0.2, -0.15) is 0 Å². The molecule has 1 aromatic rings. The lowest BCUT2D eigenvalue weighted by atomic mass is 10.0. The topological polar surface area (TPSA) is 31.4 Å². The SMILES string of the molecule is CC1(C)CN(Cc2ccc(N3CCCC3)nc2)CCN1. The average molecular weight is 274 g/mol. The molecule has 0 bridgehead atoms. The van der Waals surface area contributed by atoms with Crippen LogP contribution in [-0.4, -0.2) is 48.1 Å². The molecule has 20 heavy (non-hydrogen) atoms. The highest BCUT2D eigenvalue weighted by Crippen LogP contribution is 2.19. The first-order chi connectivity index (χ1) is 9.62. The quantitative estimate of drug-likeness (QED) is 0.912. The molecule has 3 rings (SSSR count). The van der Waals surface area contributed by atoms with Crippen molar-refractivity contribution >= 4 is 5.82 Å². The van der Waals surface area contributed by atoms with Crippen molar-refractivity contribution in [3.05, 3.63) is 23.9 Å². The van der Waals surface area contributed by atoms with Crippen molar-refractivity contribution in [2.45, 2.75) is 38.8 Å². The van der Waals surface area contributed by atoms with Gasteiger partial charge in [0, 0.05) is 51.0 Å². The van der Waals surface area contributed by atoms with Crippen LogP contribution in [0, 0.1) is 0 Å². The lowest BCUT2D eigenvalue weighted by Gasteiger charge is -2.39. The van der Waals surface area contributed by atoms with Crippen LogP contribution in [0.5, 0.6) is 0 Å². The summed E-state index contributed by atoms with van der Waals surface area (Å²) in [5.41, 5.74) is 1.55. The first-order valence-corrected chi connectivity index (χ1v) is 7.80. The maximum Gasteiger partial charge on any atom is 0.128 e. The number of hydrogen-bond donors (Lipinski definition) is 1. The van der Waals surface area contributed by atoms with E-state index < -0.39 is 0 Å². The Hall–Kier alpha value is -1.13. The molecule has 3 heterocycles. The summed E-state index contributed by atoms with van der Waals surface area (Å²) in [7, 11) is 0. The van der Waals surface area contributed by atoms with Gasteiger partial charge >= 0.3 is 0 Å². The third-order valence-electron chi connectivity index (χ3n) is 4.30. The van der Waals surface area contributed by atoms with Gasteiger partial charge in [-0.1, -0.05) is 6.07 Å². The highest BCUT2D eigenvalue weighted by molar-refractivity contribution is 5.40. The van der Waals surface area contributed by atoms with Crippen LogP contribution in [0.25, 0.3) is 0 Å². The van der Waals surface area contributed by atoms with Crippen molar-refractivity contribution < 1.29 is 0 Å². The molecule has 2 saturated heterocycles. The highest BCUT2D eigenvalue weighted by atomic mass is 15.2. The summed E-state index contributed by atoms with van der Waals surface area (Å²) in [6, 6.07) is 4.43. The Labute approximate surface area is 122 Å². The van der Waals surface area contributed by atoms with Crippen LogP contribution in [0.1, 0.15) is 32.3 Å². The van der Waals surface area contributed by atoms with Gasteiger partial charge in [0.15, 0.2) is 0 Å². The van der Waals surface area contributed by atoms with Crippen LogP contribution in [-0.2, 0) is 6.54 Å². The first kappa shape index (κ1) is 13.8. The fraction of sp³-hybridized carbons (Fsp3) is 0.688. The number of anilines is 1. The van der Waals surface area contributed by atoms with E-state index in [4.69, 9.17) is 0 Å². The summed E-state index contributed by atoms with van der Waals surface area (Å²) >= 11 is 0. The average Bonchev–Trinajstić information content (AvgIpc) is 2.92. The monoisotopic (exact) mass is 274 g/mol. The van der Waals surface area contributed by atoms with Gasteiger partial charge in [0.05, 0.1) is 0 Å². The van der Waals surface area contributed by atoms with Gasteiger partial charge in [0.2, 0.25) is 0 Å². The molecule has 4 heteroatoms. The molecular formula is C16H26N4. The molecule has 0 unspecified atom stereocenters. The maximum atomic E-state index is 4.65. The van der Waals surface area contributed by atoms with Crippen molar-refractivity contribution in [3.8, 4) is 0 Å². The normalized spacial score (nSPS) is 23.2. The summed E-state index contributed by atoms with van der Waals surface area (Å²) in [6.45, 7) is 11.2. The van der Waals surface area contributed by atoms with Crippen molar-refractivity contribution in [3.63, 3.8) is 0 Å². The fourth-order valence-electron chi connectivity index (χ4n) is 3.28. The Morgan fingerprint density at radius 3 is 2.65 bits per heavy atom. The molecule has 110 valence electrons. The Morgan fingerprint density at radius 2 is 2.00 bits per heavy atom. The first-order valence-electron chi connectivity index (χ1n) is 7.80. The van der Waals surface area contributed by atoms with E-state index in [0.29, 0.717) is 0 Å². The van der Waals surface area contributed by atoms with E-state index in [1.807, 2.05) is 0 Å². The number of rotatable bonds is 3. The summed E-state index contributed by atoms with van der Waals surface area (Å²) < 4.78 is 0. The Morgan fingerprint density at radius 1 is 1.20 bits per heavy atom. The zero-order valence-electron chi connectivity index (χ0n) is 12.7. The molecule has 0 aliphatic carbocycles. The van der Waals surface area contributed by atoms with Crippen LogP contribution < -0.4 is 10.2 Å². The Kier molecular flexibility index (Phi) is 3.94. The molecule has 2 aliphatic heterocycles. The van der Waals surface area contributed by atoms with Gasteiger partial charge in [-0.3, -0.25) is 4.90 Å². The second-order valence-electron chi connectivity index (χ2n) is 6.74. The summed E-state index contributed by atoms with van der Waals surface area (Å²) in [5, 5.41) is 3.56. The fourth-order valence-corrected chi connectivity index (χ4v) is 3.28. The van der Waals surface area contributed by atoms with E-state index >= 15 is 0 Å². The second-order valence-corrected chi connectivity index (χ2v) is 6.74. The molecule has 0 saturated carbocycles. The summed E-state index contributed by atoms with van der Waals surface area (Å²) in [6.07, 6.45) is 4.67. The molecule has 2 aliphatic rings. The van der Waals surface area contributed by atoms with Crippen LogP contribution in [0.3, 0.4) is 0 Å². The lowest BCUT2D eigenvalue weighted by molar-refractivity contribution is 0.148. The number of nitrogens with one attached hydrogen (secondary N) is 1. The number of piperazine rings is 1. The lowest BCUT2D eigenvalue weighted by Crippen LogP contribution is -2.56. The van der Waals surface area contributed by atoms with Crippen molar-refractivity contribution in [1.29, 1.82) is 0 Å². The smallest absolute Gasteiger partial charge is 0.128 e. The van der Waals surface area contributed by atoms with Gasteiger partial charge in [0.1, 0.15) is 5.82 Å². The molecule has 2 fully saturated rings. The van der Waals surface area contributed by atoms with E-state index in [-0.39, 0.29) is 5.54 Å². The number of pyridine rings is 1. The molecular weight excluding hydrogens is 248 g/mol. The van der Waals surface area contributed by atoms with Crippen molar-refractivity contribution in [1.82, 2.24) is 15.2 Å². The minimum absolute atomic E-state index is 0.223. The minimum Gasteiger partial charge on any atom is -0.357 e. The van der Waals surface area contributed by atoms with E-state index in [1.165, 1.54) is 31.5 Å². The van der Waals surface area contributed by atoms with E-state index in [2.05, 4.69) is 52.3 Å². The van der Waals surface area contributed by atoms with E-state index in [9.17, 15) is 0 Å². The summed E-state index contributed by atoms with van der Waals surface area (Å²) in [5.74, 6) is 1.15. The van der Waals surface area contributed by atoms with Gasteiger partial charge < -0.3 is 10.2 Å². The molecule has 1 N–H and O–H groups in total. The third kappa shape index (κ3) is 3.30. The Balaban J connectivity index is 1.60. The zero-order chi connectivity index (χ0) is 14.0.